The van der Waals surface area contributed by atoms with Gasteiger partial charge < -0.3 is 4.74 Å². The molecule has 0 radical (unpaired) electrons. The normalized spacial score (nSPS) is 11.1. The summed E-state index contributed by atoms with van der Waals surface area (Å²) in [6, 6.07) is 9.42. The summed E-state index contributed by atoms with van der Waals surface area (Å²) in [6.07, 6.45) is 1.62. The van der Waals surface area contributed by atoms with Crippen LogP contribution in [0.5, 0.6) is 0 Å². The highest BCUT2D eigenvalue weighted by atomic mass is 35.5. The molecule has 0 spiro atoms. The van der Waals surface area contributed by atoms with Gasteiger partial charge in [0.05, 0.1) is 6.61 Å². The van der Waals surface area contributed by atoms with Crippen LogP contribution in [-0.4, -0.2) is 11.8 Å². The molecule has 1 aromatic rings. The van der Waals surface area contributed by atoms with E-state index in [2.05, 4.69) is 0 Å². The van der Waals surface area contributed by atoms with Gasteiger partial charge in [-0.05, 0) is 30.2 Å². The summed E-state index contributed by atoms with van der Waals surface area (Å²) in [6.45, 7) is 2.23. The molecule has 0 heterocycles. The van der Waals surface area contributed by atoms with Gasteiger partial charge in [-0.2, -0.15) is 0 Å². The highest BCUT2D eigenvalue weighted by Gasteiger charge is 2.05. The van der Waals surface area contributed by atoms with E-state index in [4.69, 9.17) is 16.3 Å². The molecule has 0 aliphatic rings. The second-order valence-electron chi connectivity index (χ2n) is 2.63. The maximum atomic E-state index is 10.9. The van der Waals surface area contributed by atoms with E-state index in [9.17, 15) is 4.79 Å². The van der Waals surface area contributed by atoms with Gasteiger partial charge in [0.15, 0.2) is 5.76 Å². The highest BCUT2D eigenvalue weighted by molar-refractivity contribution is 6.67. The maximum absolute atomic E-state index is 10.9. The molecule has 0 aromatic heterocycles. The predicted octanol–water partition coefficient (Wildman–Crippen LogP) is 2.83. The monoisotopic (exact) mass is 210 g/mol. The second kappa shape index (κ2) is 5.45. The number of rotatable bonds is 4. The van der Waals surface area contributed by atoms with Gasteiger partial charge in [0.2, 0.25) is 0 Å². The number of benzene rings is 1. The summed E-state index contributed by atoms with van der Waals surface area (Å²) >= 11 is 5.34. The highest BCUT2D eigenvalue weighted by Crippen LogP contribution is 2.10. The zero-order valence-corrected chi connectivity index (χ0v) is 8.62. The third kappa shape index (κ3) is 3.23. The van der Waals surface area contributed by atoms with E-state index in [1.165, 1.54) is 0 Å². The molecule has 0 N–H and O–H groups in total. The SMILES string of the molecule is CCO/C(=C/c1ccccc1)C(=O)Cl. The summed E-state index contributed by atoms with van der Waals surface area (Å²) in [4.78, 5) is 10.9. The summed E-state index contributed by atoms with van der Waals surface area (Å²) < 4.78 is 5.09. The number of halogens is 1. The van der Waals surface area contributed by atoms with E-state index in [-0.39, 0.29) is 5.76 Å². The smallest absolute Gasteiger partial charge is 0.287 e. The van der Waals surface area contributed by atoms with Crippen molar-refractivity contribution in [2.45, 2.75) is 6.92 Å². The lowest BCUT2D eigenvalue weighted by Crippen LogP contribution is -1.98. The molecule has 0 unspecified atom stereocenters. The first kappa shape index (κ1) is 10.8. The third-order valence-corrected chi connectivity index (χ3v) is 1.78. The first-order valence-electron chi connectivity index (χ1n) is 4.33. The molecule has 0 saturated heterocycles. The molecule has 0 aliphatic heterocycles. The van der Waals surface area contributed by atoms with Gasteiger partial charge >= 0.3 is 0 Å². The summed E-state index contributed by atoms with van der Waals surface area (Å²) in [7, 11) is 0. The lowest BCUT2D eigenvalue weighted by Gasteiger charge is -2.02. The van der Waals surface area contributed by atoms with Crippen molar-refractivity contribution >= 4 is 22.9 Å². The number of allylic oxidation sites excluding steroid dienone is 1. The van der Waals surface area contributed by atoms with E-state index in [0.29, 0.717) is 6.61 Å². The Hall–Kier alpha value is -1.28. The molecule has 14 heavy (non-hydrogen) atoms. The standard InChI is InChI=1S/C11H11ClO2/c1-2-14-10(11(12)13)8-9-6-4-3-5-7-9/h3-8H,2H2,1H3/b10-8+. The van der Waals surface area contributed by atoms with Gasteiger partial charge in [-0.15, -0.1) is 0 Å². The van der Waals surface area contributed by atoms with Crippen molar-refractivity contribution in [2.24, 2.45) is 0 Å². The average molecular weight is 211 g/mol. The Labute approximate surface area is 88.1 Å². The topological polar surface area (TPSA) is 26.3 Å². The minimum Gasteiger partial charge on any atom is -0.489 e. The molecule has 0 saturated carbocycles. The first-order chi connectivity index (χ1) is 6.74. The first-order valence-corrected chi connectivity index (χ1v) is 4.71. The van der Waals surface area contributed by atoms with Crippen LogP contribution in [0, 0.1) is 0 Å². The van der Waals surface area contributed by atoms with E-state index >= 15 is 0 Å². The number of carbonyl (C=O) groups excluding carboxylic acids is 1. The minimum atomic E-state index is -0.573. The van der Waals surface area contributed by atoms with Gasteiger partial charge in [-0.3, -0.25) is 4.79 Å². The molecular weight excluding hydrogens is 200 g/mol. The molecule has 0 atom stereocenters. The van der Waals surface area contributed by atoms with Gasteiger partial charge in [0.25, 0.3) is 5.24 Å². The molecule has 74 valence electrons. The lowest BCUT2D eigenvalue weighted by molar-refractivity contribution is -0.111. The van der Waals surface area contributed by atoms with Crippen LogP contribution in [0.3, 0.4) is 0 Å². The van der Waals surface area contributed by atoms with Gasteiger partial charge in [-0.1, -0.05) is 30.3 Å². The summed E-state index contributed by atoms with van der Waals surface area (Å²) in [5, 5.41) is -0.573. The molecule has 1 rings (SSSR count). The van der Waals surface area contributed by atoms with Crippen molar-refractivity contribution in [1.82, 2.24) is 0 Å². The summed E-state index contributed by atoms with van der Waals surface area (Å²) in [5.74, 6) is 0.181. The Morgan fingerprint density at radius 3 is 2.57 bits per heavy atom. The van der Waals surface area contributed by atoms with Crippen molar-refractivity contribution in [1.29, 1.82) is 0 Å². The zero-order chi connectivity index (χ0) is 10.4. The maximum Gasteiger partial charge on any atom is 0.287 e. The number of hydrogen-bond acceptors (Lipinski definition) is 2. The van der Waals surface area contributed by atoms with E-state index in [1.54, 1.807) is 13.0 Å². The van der Waals surface area contributed by atoms with Crippen LogP contribution in [0.15, 0.2) is 36.1 Å². The quantitative estimate of drug-likeness (QED) is 0.434. The van der Waals surface area contributed by atoms with Gasteiger partial charge in [0.1, 0.15) is 0 Å². The number of carbonyl (C=O) groups is 1. The third-order valence-electron chi connectivity index (χ3n) is 1.59. The summed E-state index contributed by atoms with van der Waals surface area (Å²) in [5.41, 5.74) is 0.893. The van der Waals surface area contributed by atoms with Crippen molar-refractivity contribution in [3.8, 4) is 0 Å². The number of ether oxygens (including phenoxy) is 1. The molecule has 0 bridgehead atoms. The Morgan fingerprint density at radius 2 is 2.07 bits per heavy atom. The Kier molecular flexibility index (Phi) is 4.20. The van der Waals surface area contributed by atoms with Gasteiger partial charge in [0, 0.05) is 0 Å². The lowest BCUT2D eigenvalue weighted by atomic mass is 10.2. The Morgan fingerprint density at radius 1 is 1.43 bits per heavy atom. The van der Waals surface area contributed by atoms with Crippen LogP contribution in [0.1, 0.15) is 12.5 Å². The van der Waals surface area contributed by atoms with E-state index in [0.717, 1.165) is 5.56 Å². The van der Waals surface area contributed by atoms with Crippen LogP contribution in [0.25, 0.3) is 6.08 Å². The van der Waals surface area contributed by atoms with Crippen LogP contribution in [-0.2, 0) is 9.53 Å². The molecular formula is C11H11ClO2. The zero-order valence-electron chi connectivity index (χ0n) is 7.87. The molecule has 1 aromatic carbocycles. The minimum absolute atomic E-state index is 0.181. The molecule has 2 nitrogen and oxygen atoms in total. The fraction of sp³-hybridized carbons (Fsp3) is 0.182. The molecule has 3 heteroatoms. The van der Waals surface area contributed by atoms with Crippen molar-refractivity contribution < 1.29 is 9.53 Å². The van der Waals surface area contributed by atoms with Crippen LogP contribution in [0.4, 0.5) is 0 Å². The van der Waals surface area contributed by atoms with Gasteiger partial charge in [-0.25, -0.2) is 0 Å². The molecule has 0 fully saturated rings. The average Bonchev–Trinajstić information content (AvgIpc) is 2.18. The van der Waals surface area contributed by atoms with Crippen molar-refractivity contribution in [2.75, 3.05) is 6.61 Å². The van der Waals surface area contributed by atoms with Crippen LogP contribution < -0.4 is 0 Å². The van der Waals surface area contributed by atoms with E-state index in [1.807, 2.05) is 30.3 Å². The largest absolute Gasteiger partial charge is 0.489 e. The Balaban J connectivity index is 2.88. The Bertz CT molecular complexity index is 330. The molecule has 0 amide bonds. The number of hydrogen-bond donors (Lipinski definition) is 0. The predicted molar refractivity (Wildman–Crippen MR) is 56.9 cm³/mol. The fourth-order valence-electron chi connectivity index (χ4n) is 1.01. The van der Waals surface area contributed by atoms with Crippen LogP contribution in [0.2, 0.25) is 0 Å². The van der Waals surface area contributed by atoms with E-state index < -0.39 is 5.24 Å². The molecule has 0 aliphatic carbocycles. The fourth-order valence-corrected chi connectivity index (χ4v) is 1.12. The van der Waals surface area contributed by atoms with Crippen molar-refractivity contribution in [3.63, 3.8) is 0 Å². The second-order valence-corrected chi connectivity index (χ2v) is 2.97. The van der Waals surface area contributed by atoms with Crippen LogP contribution >= 0.6 is 11.6 Å². The van der Waals surface area contributed by atoms with Crippen molar-refractivity contribution in [3.05, 3.63) is 41.7 Å².